The molecule has 1 aromatic heterocycles. The minimum atomic E-state index is -1.87. The van der Waals surface area contributed by atoms with Crippen LogP contribution in [0, 0.1) is 5.92 Å². The smallest absolute Gasteiger partial charge is 0.348 e. The van der Waals surface area contributed by atoms with Crippen molar-refractivity contribution < 1.29 is 23.9 Å². The predicted molar refractivity (Wildman–Crippen MR) is 131 cm³/mol. The van der Waals surface area contributed by atoms with Crippen molar-refractivity contribution in [1.82, 2.24) is 0 Å². The first-order chi connectivity index (χ1) is 16.6. The van der Waals surface area contributed by atoms with Gasteiger partial charge in [0.05, 0.1) is 19.6 Å². The first-order valence-corrected chi connectivity index (χ1v) is 13.1. The van der Waals surface area contributed by atoms with Gasteiger partial charge in [0.25, 0.3) is 0 Å². The normalized spacial score (nSPS) is 26.3. The van der Waals surface area contributed by atoms with Gasteiger partial charge in [0.15, 0.2) is 6.10 Å². The molecule has 6 heteroatoms. The van der Waals surface area contributed by atoms with Crippen molar-refractivity contribution in [2.45, 2.75) is 37.4 Å². The van der Waals surface area contributed by atoms with Gasteiger partial charge in [-0.3, -0.25) is 0 Å². The number of hydrogen-bond donors (Lipinski definition) is 1. The van der Waals surface area contributed by atoms with E-state index < -0.39 is 11.6 Å². The molecule has 176 valence electrons. The third-order valence-electron chi connectivity index (χ3n) is 8.00. The number of hydrogen-bond acceptors (Lipinski definition) is 5. The van der Waals surface area contributed by atoms with Gasteiger partial charge in [0.2, 0.25) is 5.60 Å². The summed E-state index contributed by atoms with van der Waals surface area (Å²) in [6.07, 6.45) is 4.24. The standard InChI is InChI=1S/C28H30NO4S/c30-27(28(31)22-9-1-3-11-24(22)32-25-12-4-2-10-23(25)28)33-26-19-29(16-13-20(26)14-17-29)15-5-7-21-8-6-18-34-21/h1-4,6,8-12,18,20,26,31H,5,7,13-17,19H2/q+1. The Hall–Kier alpha value is -2.67. The molecule has 3 aromatic rings. The molecule has 1 N–H and O–H groups in total. The van der Waals surface area contributed by atoms with E-state index in [1.807, 2.05) is 35.6 Å². The van der Waals surface area contributed by atoms with Crippen LogP contribution >= 0.6 is 11.3 Å². The Bertz CT molecular complexity index is 1140. The number of aryl methyl sites for hydroxylation is 1. The second-order valence-corrected chi connectivity index (χ2v) is 11.0. The Labute approximate surface area is 204 Å². The van der Waals surface area contributed by atoms with Crippen LogP contribution in [0.3, 0.4) is 0 Å². The van der Waals surface area contributed by atoms with Crippen LogP contribution in [0.5, 0.6) is 11.5 Å². The van der Waals surface area contributed by atoms with Crippen LogP contribution in [-0.4, -0.2) is 47.8 Å². The van der Waals surface area contributed by atoms with Crippen molar-refractivity contribution in [1.29, 1.82) is 0 Å². The SMILES string of the molecule is O=C(OC1C[N+]2(CCCc3cccs3)CCC1CC2)C1(O)c2ccccc2Oc2ccccc21. The van der Waals surface area contributed by atoms with E-state index in [4.69, 9.17) is 9.47 Å². The number of quaternary nitrogens is 1. The first kappa shape index (κ1) is 21.8. The lowest BCUT2D eigenvalue weighted by Gasteiger charge is -2.52. The van der Waals surface area contributed by atoms with E-state index in [9.17, 15) is 9.90 Å². The summed E-state index contributed by atoms with van der Waals surface area (Å²) in [7, 11) is 0. The topological polar surface area (TPSA) is 55.8 Å². The Morgan fingerprint density at radius 3 is 2.35 bits per heavy atom. The quantitative estimate of drug-likeness (QED) is 0.407. The van der Waals surface area contributed by atoms with Crippen LogP contribution in [0.4, 0.5) is 0 Å². The van der Waals surface area contributed by atoms with Crippen LogP contribution in [0.1, 0.15) is 35.3 Å². The molecule has 0 amide bonds. The first-order valence-electron chi connectivity index (χ1n) is 12.3. The average Bonchev–Trinajstić information content (AvgIpc) is 3.38. The molecule has 3 saturated heterocycles. The summed E-state index contributed by atoms with van der Waals surface area (Å²) in [5.74, 6) is 0.764. The summed E-state index contributed by atoms with van der Waals surface area (Å²) >= 11 is 1.82. The van der Waals surface area contributed by atoms with Crippen molar-refractivity contribution in [2.75, 3.05) is 26.2 Å². The van der Waals surface area contributed by atoms with Crippen molar-refractivity contribution in [3.63, 3.8) is 0 Å². The number of nitrogens with zero attached hydrogens (tertiary/aromatic N) is 1. The summed E-state index contributed by atoms with van der Waals surface area (Å²) in [6.45, 7) is 4.28. The molecular weight excluding hydrogens is 446 g/mol. The zero-order chi connectivity index (χ0) is 23.2. The summed E-state index contributed by atoms with van der Waals surface area (Å²) in [4.78, 5) is 15.2. The third-order valence-corrected chi connectivity index (χ3v) is 8.94. The van der Waals surface area contributed by atoms with Gasteiger partial charge in [-0.05, 0) is 30.0 Å². The Balaban J connectivity index is 1.22. The molecule has 7 rings (SSSR count). The molecule has 0 radical (unpaired) electrons. The van der Waals surface area contributed by atoms with E-state index in [0.717, 1.165) is 56.3 Å². The third kappa shape index (κ3) is 3.65. The van der Waals surface area contributed by atoms with E-state index in [1.165, 1.54) is 4.88 Å². The second-order valence-electron chi connectivity index (χ2n) is 9.96. The molecule has 34 heavy (non-hydrogen) atoms. The fraction of sp³-hybridized carbons (Fsp3) is 0.393. The number of esters is 1. The molecule has 0 spiro atoms. The summed E-state index contributed by atoms with van der Waals surface area (Å²) in [6, 6.07) is 18.7. The number of ether oxygens (including phenoxy) is 2. The van der Waals surface area contributed by atoms with Crippen molar-refractivity contribution in [3.8, 4) is 11.5 Å². The molecule has 1 atom stereocenters. The van der Waals surface area contributed by atoms with E-state index in [1.54, 1.807) is 24.3 Å². The Kier molecular flexibility index (Phi) is 5.47. The number of benzene rings is 2. The number of para-hydroxylation sites is 2. The number of carbonyl (C=O) groups excluding carboxylic acids is 1. The van der Waals surface area contributed by atoms with Gasteiger partial charge in [-0.15, -0.1) is 11.3 Å². The van der Waals surface area contributed by atoms with Gasteiger partial charge in [0, 0.05) is 41.2 Å². The van der Waals surface area contributed by atoms with Crippen molar-refractivity contribution in [3.05, 3.63) is 82.0 Å². The number of carbonyl (C=O) groups is 1. The van der Waals surface area contributed by atoms with Crippen LogP contribution < -0.4 is 4.74 Å². The molecule has 2 bridgehead atoms. The zero-order valence-electron chi connectivity index (χ0n) is 19.2. The van der Waals surface area contributed by atoms with Crippen molar-refractivity contribution in [2.24, 2.45) is 5.92 Å². The van der Waals surface area contributed by atoms with Gasteiger partial charge in [-0.1, -0.05) is 42.5 Å². The van der Waals surface area contributed by atoms with Gasteiger partial charge >= 0.3 is 5.97 Å². The Morgan fingerprint density at radius 1 is 1.03 bits per heavy atom. The highest BCUT2D eigenvalue weighted by Gasteiger charge is 2.52. The summed E-state index contributed by atoms with van der Waals surface area (Å²) in [5.41, 5.74) is -0.985. The lowest BCUT2D eigenvalue weighted by atomic mass is 9.81. The van der Waals surface area contributed by atoms with E-state index in [2.05, 4.69) is 17.5 Å². The van der Waals surface area contributed by atoms with Crippen molar-refractivity contribution >= 4 is 17.3 Å². The maximum Gasteiger partial charge on any atom is 0.348 e. The molecule has 1 unspecified atom stereocenters. The minimum absolute atomic E-state index is 0.164. The zero-order valence-corrected chi connectivity index (χ0v) is 20.0. The average molecular weight is 477 g/mol. The summed E-state index contributed by atoms with van der Waals surface area (Å²) < 4.78 is 13.2. The van der Waals surface area contributed by atoms with Crippen LogP contribution in [0.15, 0.2) is 66.0 Å². The fourth-order valence-corrected chi connectivity index (χ4v) is 6.88. The van der Waals surface area contributed by atoms with Crippen LogP contribution in [-0.2, 0) is 21.6 Å². The lowest BCUT2D eigenvalue weighted by Crippen LogP contribution is -2.65. The van der Waals surface area contributed by atoms with E-state index in [-0.39, 0.29) is 6.10 Å². The van der Waals surface area contributed by atoms with Gasteiger partial charge in [-0.2, -0.15) is 0 Å². The summed E-state index contributed by atoms with van der Waals surface area (Å²) in [5, 5.41) is 14.0. The number of fused-ring (bicyclic) bond motifs is 5. The largest absolute Gasteiger partial charge is 0.457 e. The second kappa shape index (κ2) is 8.52. The minimum Gasteiger partial charge on any atom is -0.457 e. The maximum atomic E-state index is 13.7. The maximum absolute atomic E-state index is 13.7. The molecule has 5 nitrogen and oxygen atoms in total. The molecule has 2 aromatic carbocycles. The highest BCUT2D eigenvalue weighted by Crippen LogP contribution is 2.48. The molecule has 4 aliphatic heterocycles. The fourth-order valence-electron chi connectivity index (χ4n) is 6.13. The number of aliphatic hydroxyl groups is 1. The number of rotatable bonds is 6. The highest BCUT2D eigenvalue weighted by atomic mass is 32.1. The molecule has 5 heterocycles. The molecule has 3 fully saturated rings. The number of thiophene rings is 1. The molecule has 0 saturated carbocycles. The monoisotopic (exact) mass is 476 g/mol. The number of piperidine rings is 3. The Morgan fingerprint density at radius 2 is 1.71 bits per heavy atom. The van der Waals surface area contributed by atoms with Gasteiger partial charge in [0.1, 0.15) is 18.0 Å². The van der Waals surface area contributed by atoms with Crippen LogP contribution in [0.25, 0.3) is 0 Å². The van der Waals surface area contributed by atoms with E-state index in [0.29, 0.717) is 28.5 Å². The van der Waals surface area contributed by atoms with E-state index >= 15 is 0 Å². The lowest BCUT2D eigenvalue weighted by molar-refractivity contribution is -0.946. The molecular formula is C28H30NO4S+. The predicted octanol–water partition coefficient (Wildman–Crippen LogP) is 4.87. The van der Waals surface area contributed by atoms with Crippen LogP contribution in [0.2, 0.25) is 0 Å². The highest BCUT2D eigenvalue weighted by molar-refractivity contribution is 7.09. The molecule has 0 aliphatic carbocycles. The molecule has 4 aliphatic rings. The van der Waals surface area contributed by atoms with Gasteiger partial charge in [-0.25, -0.2) is 4.79 Å². The van der Waals surface area contributed by atoms with Gasteiger partial charge < -0.3 is 19.1 Å².